The number of aldehydes is 1. The fourth-order valence-electron chi connectivity index (χ4n) is 7.36. The summed E-state index contributed by atoms with van der Waals surface area (Å²) in [4.78, 5) is 23.7. The zero-order valence-corrected chi connectivity index (χ0v) is 37.0. The summed E-state index contributed by atoms with van der Waals surface area (Å²) in [5.74, 6) is -0.224. The Bertz CT molecular complexity index is 1210. The smallest absolute Gasteiger partial charge is 0.305 e. The Morgan fingerprint density at radius 2 is 1.54 bits per heavy atom. The summed E-state index contributed by atoms with van der Waals surface area (Å²) in [7, 11) is -1.08. The first kappa shape index (κ1) is 45.2. The highest BCUT2D eigenvalue weighted by Gasteiger charge is 2.50. The summed E-state index contributed by atoms with van der Waals surface area (Å²) in [6.07, 6.45) is 5.72. The van der Waals surface area contributed by atoms with Gasteiger partial charge in [-0.2, -0.15) is 0 Å². The molecule has 0 aromatic heterocycles. The molecule has 3 heterocycles. The van der Waals surface area contributed by atoms with E-state index in [1.165, 1.54) is 7.11 Å². The van der Waals surface area contributed by atoms with Crippen molar-refractivity contribution in [1.82, 2.24) is 0 Å². The van der Waals surface area contributed by atoms with Gasteiger partial charge in [0.2, 0.25) is 0 Å². The van der Waals surface area contributed by atoms with Crippen LogP contribution < -0.4 is 0 Å². The molecule has 3 fully saturated rings. The van der Waals surface area contributed by atoms with E-state index in [1.54, 1.807) is 7.11 Å². The maximum Gasteiger partial charge on any atom is 0.305 e. The van der Waals surface area contributed by atoms with Crippen molar-refractivity contribution in [3.05, 3.63) is 24.3 Å². The monoisotopic (exact) mass is 766 g/mol. The molecule has 300 valence electrons. The lowest BCUT2D eigenvalue weighted by molar-refractivity contribution is -0.143. The Hall–Kier alpha value is -1.19. The molecule has 0 saturated carbocycles. The topological polar surface area (TPSA) is 98.8 Å². The van der Waals surface area contributed by atoms with Crippen molar-refractivity contribution in [2.75, 3.05) is 20.8 Å². The predicted octanol–water partition coefficient (Wildman–Crippen LogP) is 8.96. The van der Waals surface area contributed by atoms with Crippen LogP contribution in [0.3, 0.4) is 0 Å². The number of hydrogen-bond donors (Lipinski definition) is 0. The molecule has 0 radical (unpaired) electrons. The number of esters is 1. The number of methoxy groups -OCH3 is 2. The molecule has 0 N–H and O–H groups in total. The molecule has 0 bridgehead atoms. The molecule has 0 spiro atoms. The van der Waals surface area contributed by atoms with Crippen LogP contribution in [0.15, 0.2) is 24.3 Å². The second kappa shape index (κ2) is 18.6. The third kappa shape index (κ3) is 11.9. The van der Waals surface area contributed by atoms with E-state index in [0.29, 0.717) is 25.9 Å². The van der Waals surface area contributed by atoms with Crippen molar-refractivity contribution in [1.29, 1.82) is 0 Å². The minimum Gasteiger partial charge on any atom is -0.469 e. The molecule has 3 aliphatic heterocycles. The van der Waals surface area contributed by atoms with E-state index in [2.05, 4.69) is 87.8 Å². The Kier molecular flexibility index (Phi) is 16.2. The van der Waals surface area contributed by atoms with Crippen LogP contribution in [0.1, 0.15) is 106 Å². The average Bonchev–Trinajstić information content (AvgIpc) is 3.56. The van der Waals surface area contributed by atoms with E-state index in [1.807, 2.05) is 0 Å². The molecule has 0 aromatic carbocycles. The lowest BCUT2D eigenvalue weighted by Gasteiger charge is -2.42. The maximum absolute atomic E-state index is 12.8. The van der Waals surface area contributed by atoms with Gasteiger partial charge in [0, 0.05) is 32.3 Å². The van der Waals surface area contributed by atoms with Gasteiger partial charge < -0.3 is 37.3 Å². The molecule has 3 saturated heterocycles. The molecule has 10 atom stereocenters. The number of carbonyl (C=O) groups excluding carboxylic acids is 2. The van der Waals surface area contributed by atoms with E-state index in [4.69, 9.17) is 32.5 Å². The van der Waals surface area contributed by atoms with Crippen molar-refractivity contribution < 1.29 is 42.1 Å². The third-order valence-corrected chi connectivity index (χ3v) is 21.9. The van der Waals surface area contributed by atoms with E-state index in [0.717, 1.165) is 49.5 Å². The number of hydrogen-bond acceptors (Lipinski definition) is 9. The average molecular weight is 767 g/mol. The van der Waals surface area contributed by atoms with Gasteiger partial charge >= 0.3 is 5.97 Å². The Balaban J connectivity index is 1.80. The summed E-state index contributed by atoms with van der Waals surface area (Å²) >= 11 is 0. The van der Waals surface area contributed by atoms with Crippen molar-refractivity contribution >= 4 is 28.9 Å². The molecule has 0 aromatic rings. The van der Waals surface area contributed by atoms with Gasteiger partial charge in [-0.25, -0.2) is 0 Å². The van der Waals surface area contributed by atoms with Gasteiger partial charge in [0.25, 0.3) is 0 Å². The van der Waals surface area contributed by atoms with E-state index in [-0.39, 0.29) is 83.1 Å². The van der Waals surface area contributed by atoms with Crippen LogP contribution in [0.2, 0.25) is 36.3 Å². The lowest BCUT2D eigenvalue weighted by atomic mass is 9.82. The van der Waals surface area contributed by atoms with Crippen LogP contribution in [0, 0.1) is 11.8 Å². The van der Waals surface area contributed by atoms with Gasteiger partial charge in [0.05, 0.1) is 69.0 Å². The summed E-state index contributed by atoms with van der Waals surface area (Å²) in [5, 5.41) is 0.0929. The Morgan fingerprint density at radius 1 is 0.904 bits per heavy atom. The first-order valence-corrected chi connectivity index (χ1v) is 25.5. The van der Waals surface area contributed by atoms with Crippen LogP contribution in [0.5, 0.6) is 0 Å². The molecule has 0 amide bonds. The van der Waals surface area contributed by atoms with E-state index in [9.17, 15) is 9.59 Å². The Morgan fingerprint density at radius 3 is 2.12 bits per heavy atom. The van der Waals surface area contributed by atoms with Gasteiger partial charge in [-0.05, 0) is 85.4 Å². The van der Waals surface area contributed by atoms with Gasteiger partial charge in [0.1, 0.15) is 6.29 Å². The molecule has 3 rings (SSSR count). The third-order valence-electron chi connectivity index (χ3n) is 12.8. The van der Waals surface area contributed by atoms with Crippen LogP contribution in [-0.2, 0) is 42.1 Å². The maximum atomic E-state index is 12.8. The van der Waals surface area contributed by atoms with Gasteiger partial charge in [-0.15, -0.1) is 0 Å². The largest absolute Gasteiger partial charge is 0.469 e. The van der Waals surface area contributed by atoms with Crippen LogP contribution in [-0.4, -0.2) is 98.5 Å². The molecule has 4 unspecified atom stereocenters. The molecule has 52 heavy (non-hydrogen) atoms. The molecule has 9 nitrogen and oxygen atoms in total. The first-order valence-electron chi connectivity index (χ1n) is 19.7. The lowest BCUT2D eigenvalue weighted by Crippen LogP contribution is -2.49. The van der Waals surface area contributed by atoms with Crippen LogP contribution in [0.4, 0.5) is 0 Å². The van der Waals surface area contributed by atoms with Gasteiger partial charge in [-0.3, -0.25) is 4.79 Å². The number of ether oxygens (including phenoxy) is 5. The van der Waals surface area contributed by atoms with Crippen LogP contribution in [0.25, 0.3) is 0 Å². The second-order valence-corrected chi connectivity index (χ2v) is 28.4. The molecular weight excluding hydrogens is 693 g/mol. The SMILES string of the molecule is C=C1C[C@H](CCC=O)O[C@H]1CC[C@H]1CC(C)C(=C)[C@@H](C[C@@H]2OC(CC(CO[Si](C)(C)C(C)(C)C)O[Si](C)(C)C(C)(C)C)[C@H](OC)C2CC(=O)OC)O1. The van der Waals surface area contributed by atoms with Gasteiger partial charge in [-0.1, -0.05) is 61.6 Å². The molecule has 11 heteroatoms. The zero-order valence-electron chi connectivity index (χ0n) is 35.0. The fourth-order valence-corrected chi connectivity index (χ4v) is 9.74. The summed E-state index contributed by atoms with van der Waals surface area (Å²) in [6, 6.07) is 0. The highest BCUT2D eigenvalue weighted by atomic mass is 28.4. The molecule has 0 aliphatic carbocycles. The van der Waals surface area contributed by atoms with E-state index >= 15 is 0 Å². The zero-order chi connectivity index (χ0) is 39.2. The normalized spacial score (nSPS) is 31.2. The first-order chi connectivity index (χ1) is 24.0. The summed E-state index contributed by atoms with van der Waals surface area (Å²) in [6.45, 7) is 34.1. The highest BCUT2D eigenvalue weighted by Crippen LogP contribution is 2.44. The summed E-state index contributed by atoms with van der Waals surface area (Å²) < 4.78 is 45.2. The van der Waals surface area contributed by atoms with Crippen molar-refractivity contribution in [2.24, 2.45) is 11.8 Å². The molecular formula is C41H74O9Si2. The Labute approximate surface area is 318 Å². The minimum atomic E-state index is -2.17. The van der Waals surface area contributed by atoms with E-state index < -0.39 is 16.6 Å². The quantitative estimate of drug-likeness (QED) is 0.0586. The minimum absolute atomic E-state index is 0.00735. The van der Waals surface area contributed by atoms with Crippen molar-refractivity contribution in [2.45, 2.75) is 191 Å². The van der Waals surface area contributed by atoms with Gasteiger partial charge in [0.15, 0.2) is 16.6 Å². The highest BCUT2D eigenvalue weighted by molar-refractivity contribution is 6.74. The predicted molar refractivity (Wildman–Crippen MR) is 213 cm³/mol. The standard InChI is InChI=1S/C41H74O9Si2/c1-27-21-31(18-19-34-28(2)22-30(47-34)17-16-20-42)48-35(29(27)3)25-36-33(24-38(43)44-10)39(45-11)37(49-36)23-32(50-52(14,15)41(7,8)9)26-46-51(12,13)40(4,5)6/h20,27,30-37,39H,2-3,16-19,21-26H2,1,4-15H3/t27?,30-,31-,32?,33?,34-,35+,36-,37?,39+/m0/s1. The number of carbonyl (C=O) groups is 2. The van der Waals surface area contributed by atoms with Crippen LogP contribution >= 0.6 is 0 Å². The number of rotatable bonds is 18. The second-order valence-electron chi connectivity index (χ2n) is 18.8. The van der Waals surface area contributed by atoms with Crippen molar-refractivity contribution in [3.63, 3.8) is 0 Å². The fraction of sp³-hybridized carbons (Fsp3) is 0.854. The van der Waals surface area contributed by atoms with Crippen molar-refractivity contribution in [3.8, 4) is 0 Å². The molecule has 3 aliphatic rings. The summed E-state index contributed by atoms with van der Waals surface area (Å²) in [5.41, 5.74) is 2.17.